The molecule has 0 bridgehead atoms. The van der Waals surface area contributed by atoms with Crippen LogP contribution in [0.25, 0.3) is 0 Å². The molecule has 0 aromatic heterocycles. The quantitative estimate of drug-likeness (QED) is 0.529. The molecule has 1 rings (SSSR count). The van der Waals surface area contributed by atoms with Crippen LogP contribution < -0.4 is 0 Å². The number of benzene rings is 1. The van der Waals surface area contributed by atoms with Gasteiger partial charge in [-0.15, -0.1) is 0 Å². The molecule has 1 aromatic carbocycles. The van der Waals surface area contributed by atoms with E-state index in [1.807, 2.05) is 0 Å². The monoisotopic (exact) mass is 179 g/mol. The molecule has 1 aromatic rings. The first kappa shape index (κ1) is 9.33. The second-order valence-corrected chi connectivity index (χ2v) is 3.30. The predicted molar refractivity (Wildman–Crippen MR) is 57.1 cm³/mol. The van der Waals surface area contributed by atoms with Gasteiger partial charge in [-0.05, 0) is 29.9 Å². The smallest absolute Gasteiger partial charge is 0.0420 e. The zero-order valence-electron chi connectivity index (χ0n) is 7.36. The van der Waals surface area contributed by atoms with Gasteiger partial charge in [-0.1, -0.05) is 38.1 Å². The molecule has 2 heteroatoms. The van der Waals surface area contributed by atoms with E-state index in [9.17, 15) is 0 Å². The molecule has 0 amide bonds. The molecule has 0 radical (unpaired) electrons. The largest absolute Gasteiger partial charge is 0.227 e. The summed E-state index contributed by atoms with van der Waals surface area (Å²) in [5.74, 6) is 0.590. The average molecular weight is 179 g/mol. The van der Waals surface area contributed by atoms with Gasteiger partial charge >= 0.3 is 0 Å². The van der Waals surface area contributed by atoms with Gasteiger partial charge in [0.25, 0.3) is 0 Å². The molecular weight excluding hydrogens is 166 g/mol. The molecule has 1 nitrogen and oxygen atoms in total. The van der Waals surface area contributed by atoms with Crippen molar-refractivity contribution in [2.24, 2.45) is 4.40 Å². The molecule has 0 spiro atoms. The van der Waals surface area contributed by atoms with Crippen LogP contribution in [0.1, 0.15) is 30.9 Å². The minimum Gasteiger partial charge on any atom is -0.227 e. The maximum atomic E-state index is 3.77. The van der Waals surface area contributed by atoms with Gasteiger partial charge in [0.05, 0.1) is 0 Å². The number of hydrogen-bond donors (Lipinski definition) is 1. The Morgan fingerprint density at radius 1 is 1.25 bits per heavy atom. The van der Waals surface area contributed by atoms with Crippen molar-refractivity contribution in [3.8, 4) is 0 Å². The SMILES string of the molecule is CC(C)c1ccc(/C=N/S)cc1. The Balaban J connectivity index is 2.85. The fraction of sp³-hybridized carbons (Fsp3) is 0.300. The summed E-state index contributed by atoms with van der Waals surface area (Å²) in [5, 5.41) is 0. The third-order valence-corrected chi connectivity index (χ3v) is 1.93. The highest BCUT2D eigenvalue weighted by Crippen LogP contribution is 2.13. The van der Waals surface area contributed by atoms with Crippen LogP contribution in [-0.2, 0) is 0 Å². The summed E-state index contributed by atoms with van der Waals surface area (Å²) < 4.78 is 3.65. The molecule has 0 atom stereocenters. The van der Waals surface area contributed by atoms with E-state index < -0.39 is 0 Å². The van der Waals surface area contributed by atoms with Gasteiger partial charge in [0.2, 0.25) is 0 Å². The lowest BCUT2D eigenvalue weighted by Crippen LogP contribution is -1.87. The Morgan fingerprint density at radius 3 is 2.25 bits per heavy atom. The van der Waals surface area contributed by atoms with Crippen LogP contribution in [0.5, 0.6) is 0 Å². The van der Waals surface area contributed by atoms with Gasteiger partial charge < -0.3 is 0 Å². The van der Waals surface area contributed by atoms with Crippen molar-refractivity contribution in [3.63, 3.8) is 0 Å². The van der Waals surface area contributed by atoms with Crippen LogP contribution in [-0.4, -0.2) is 6.21 Å². The van der Waals surface area contributed by atoms with Crippen LogP contribution >= 0.6 is 12.8 Å². The van der Waals surface area contributed by atoms with Crippen LogP contribution in [0.3, 0.4) is 0 Å². The summed E-state index contributed by atoms with van der Waals surface area (Å²) in [7, 11) is 0. The van der Waals surface area contributed by atoms with E-state index in [1.165, 1.54) is 5.56 Å². The molecule has 0 aliphatic heterocycles. The first-order valence-electron chi connectivity index (χ1n) is 4.01. The molecule has 0 saturated carbocycles. The highest BCUT2D eigenvalue weighted by atomic mass is 32.1. The molecule has 0 heterocycles. The fourth-order valence-electron chi connectivity index (χ4n) is 1.03. The summed E-state index contributed by atoms with van der Waals surface area (Å²) in [4.78, 5) is 0. The maximum Gasteiger partial charge on any atom is 0.0420 e. The molecule has 0 N–H and O–H groups in total. The second-order valence-electron chi connectivity index (χ2n) is 3.07. The summed E-state index contributed by atoms with van der Waals surface area (Å²) in [6.07, 6.45) is 1.73. The number of rotatable bonds is 2. The minimum absolute atomic E-state index is 0.590. The van der Waals surface area contributed by atoms with Crippen molar-refractivity contribution >= 4 is 19.0 Å². The van der Waals surface area contributed by atoms with E-state index in [-0.39, 0.29) is 0 Å². The molecule has 0 unspecified atom stereocenters. The van der Waals surface area contributed by atoms with Gasteiger partial charge in [0.15, 0.2) is 0 Å². The van der Waals surface area contributed by atoms with Crippen molar-refractivity contribution < 1.29 is 0 Å². The Morgan fingerprint density at radius 2 is 1.83 bits per heavy atom. The predicted octanol–water partition coefficient (Wildman–Crippen LogP) is 3.07. The summed E-state index contributed by atoms with van der Waals surface area (Å²) in [6, 6.07) is 8.34. The average Bonchev–Trinajstić information content (AvgIpc) is 2.06. The minimum atomic E-state index is 0.590. The fourth-order valence-corrected chi connectivity index (χ4v) is 1.17. The lowest BCUT2D eigenvalue weighted by Gasteiger charge is -2.03. The Bertz CT molecular complexity index is 262. The summed E-state index contributed by atoms with van der Waals surface area (Å²) >= 11 is 3.77. The Kier molecular flexibility index (Phi) is 3.35. The normalized spacial score (nSPS) is 11.3. The molecule has 0 aliphatic rings. The van der Waals surface area contributed by atoms with E-state index in [2.05, 4.69) is 55.3 Å². The number of hydrogen-bond acceptors (Lipinski definition) is 2. The van der Waals surface area contributed by atoms with Gasteiger partial charge in [0, 0.05) is 6.21 Å². The van der Waals surface area contributed by atoms with Crippen molar-refractivity contribution in [1.29, 1.82) is 0 Å². The number of nitrogens with zero attached hydrogens (tertiary/aromatic N) is 1. The standard InChI is InChI=1S/C10H13NS/c1-8(2)10-5-3-9(4-6-10)7-11-12/h3-8,12H,1-2H3/b11-7+. The molecule has 0 saturated heterocycles. The van der Waals surface area contributed by atoms with E-state index in [0.29, 0.717) is 5.92 Å². The third kappa shape index (κ3) is 2.38. The third-order valence-electron chi connectivity index (χ3n) is 1.81. The summed E-state index contributed by atoms with van der Waals surface area (Å²) in [6.45, 7) is 4.36. The van der Waals surface area contributed by atoms with Crippen molar-refractivity contribution in [1.82, 2.24) is 0 Å². The van der Waals surface area contributed by atoms with Crippen LogP contribution in [0.15, 0.2) is 28.7 Å². The van der Waals surface area contributed by atoms with Crippen molar-refractivity contribution in [2.75, 3.05) is 0 Å². The lowest BCUT2D eigenvalue weighted by molar-refractivity contribution is 0.866. The molecule has 12 heavy (non-hydrogen) atoms. The first-order chi connectivity index (χ1) is 5.74. The maximum absolute atomic E-state index is 3.77. The first-order valence-corrected chi connectivity index (χ1v) is 4.41. The van der Waals surface area contributed by atoms with Crippen LogP contribution in [0, 0.1) is 0 Å². The Labute approximate surface area is 79.1 Å². The highest BCUT2D eigenvalue weighted by molar-refractivity contribution is 7.78. The lowest BCUT2D eigenvalue weighted by atomic mass is 10.0. The Hall–Kier alpha value is -0.760. The van der Waals surface area contributed by atoms with E-state index >= 15 is 0 Å². The zero-order valence-corrected chi connectivity index (χ0v) is 8.25. The topological polar surface area (TPSA) is 12.4 Å². The van der Waals surface area contributed by atoms with Gasteiger partial charge in [0.1, 0.15) is 0 Å². The molecule has 0 fully saturated rings. The van der Waals surface area contributed by atoms with Gasteiger partial charge in [-0.2, -0.15) is 0 Å². The van der Waals surface area contributed by atoms with E-state index in [1.54, 1.807) is 6.21 Å². The molecule has 0 aliphatic carbocycles. The number of thiol groups is 1. The van der Waals surface area contributed by atoms with E-state index in [4.69, 9.17) is 0 Å². The van der Waals surface area contributed by atoms with E-state index in [0.717, 1.165) is 5.56 Å². The van der Waals surface area contributed by atoms with Gasteiger partial charge in [-0.3, -0.25) is 0 Å². The van der Waals surface area contributed by atoms with Crippen LogP contribution in [0.2, 0.25) is 0 Å². The summed E-state index contributed by atoms with van der Waals surface area (Å²) in [5.41, 5.74) is 2.45. The highest BCUT2D eigenvalue weighted by Gasteiger charge is 1.96. The molecular formula is C10H13NS. The second kappa shape index (κ2) is 4.31. The van der Waals surface area contributed by atoms with Crippen LogP contribution in [0.4, 0.5) is 0 Å². The molecule has 64 valence electrons. The van der Waals surface area contributed by atoms with Gasteiger partial charge in [-0.25, -0.2) is 4.40 Å². The van der Waals surface area contributed by atoms with Crippen molar-refractivity contribution in [2.45, 2.75) is 19.8 Å². The zero-order chi connectivity index (χ0) is 8.97. The van der Waals surface area contributed by atoms with Crippen molar-refractivity contribution in [3.05, 3.63) is 35.4 Å².